The van der Waals surface area contributed by atoms with Crippen LogP contribution in [0.1, 0.15) is 175 Å². The van der Waals surface area contributed by atoms with Crippen LogP contribution in [0.2, 0.25) is 0 Å². The molecule has 0 aliphatic carbocycles. The molecule has 63 heavy (non-hydrogen) atoms. The lowest BCUT2D eigenvalue weighted by Crippen LogP contribution is -2.30. The van der Waals surface area contributed by atoms with Crippen molar-refractivity contribution in [3.05, 3.63) is 146 Å². The second-order valence-corrected chi connectivity index (χ2v) is 15.4. The first kappa shape index (κ1) is 58.3. The van der Waals surface area contributed by atoms with Gasteiger partial charge in [0.25, 0.3) is 0 Å². The fourth-order valence-electron chi connectivity index (χ4n) is 5.86. The van der Waals surface area contributed by atoms with Crippen LogP contribution in [0.3, 0.4) is 0 Å². The molecule has 6 nitrogen and oxygen atoms in total. The molecule has 350 valence electrons. The van der Waals surface area contributed by atoms with Crippen molar-refractivity contribution >= 4 is 17.9 Å². The van der Waals surface area contributed by atoms with Gasteiger partial charge < -0.3 is 14.2 Å². The fraction of sp³-hybridized carbons (Fsp3) is 0.526. The number of carbonyl (C=O) groups is 3. The smallest absolute Gasteiger partial charge is 0.306 e. The van der Waals surface area contributed by atoms with E-state index in [9.17, 15) is 14.4 Å². The molecule has 6 heteroatoms. The van der Waals surface area contributed by atoms with Gasteiger partial charge in [0.1, 0.15) is 13.2 Å². The van der Waals surface area contributed by atoms with Gasteiger partial charge in [-0.2, -0.15) is 0 Å². The van der Waals surface area contributed by atoms with Crippen LogP contribution in [0, 0.1) is 0 Å². The summed E-state index contributed by atoms with van der Waals surface area (Å²) >= 11 is 0. The van der Waals surface area contributed by atoms with Gasteiger partial charge in [0.15, 0.2) is 6.10 Å². The molecule has 0 aromatic rings. The molecule has 0 fully saturated rings. The van der Waals surface area contributed by atoms with Crippen molar-refractivity contribution in [3.8, 4) is 0 Å². The van der Waals surface area contributed by atoms with Crippen molar-refractivity contribution in [1.82, 2.24) is 0 Å². The molecule has 0 aliphatic rings. The minimum absolute atomic E-state index is 0.144. The summed E-state index contributed by atoms with van der Waals surface area (Å²) < 4.78 is 16.6. The molecule has 1 unspecified atom stereocenters. The molecule has 0 heterocycles. The lowest BCUT2D eigenvalue weighted by molar-refractivity contribution is -0.167. The highest BCUT2D eigenvalue weighted by Gasteiger charge is 2.19. The first-order valence-electron chi connectivity index (χ1n) is 24.4. The van der Waals surface area contributed by atoms with Gasteiger partial charge in [-0.25, -0.2) is 0 Å². The maximum Gasteiger partial charge on any atom is 0.306 e. The Labute approximate surface area is 385 Å². The van der Waals surface area contributed by atoms with Crippen molar-refractivity contribution in [2.45, 2.75) is 181 Å². The predicted molar refractivity (Wildman–Crippen MR) is 269 cm³/mol. The van der Waals surface area contributed by atoms with Gasteiger partial charge in [-0.15, -0.1) is 0 Å². The van der Waals surface area contributed by atoms with Gasteiger partial charge in [0, 0.05) is 19.3 Å². The van der Waals surface area contributed by atoms with Crippen LogP contribution >= 0.6 is 0 Å². The third-order valence-electron chi connectivity index (χ3n) is 9.47. The van der Waals surface area contributed by atoms with Crippen molar-refractivity contribution in [2.24, 2.45) is 0 Å². The lowest BCUT2D eigenvalue weighted by atomic mass is 10.1. The SMILES string of the molecule is CC\C=C/C=C\C=C/C=C\C=C\C=C/CCCCCC(=O)OCC(COC(=O)CCC/C=C\C/C=C\C/C=C\CC)OC(=O)CCC/C=C\C/C=C\C/C=C\CCCCCCCC. The normalized spacial score (nSPS) is 13.4. The average molecular weight is 867 g/mol. The maximum absolute atomic E-state index is 12.8. The molecule has 0 amide bonds. The maximum atomic E-state index is 12.8. The summed E-state index contributed by atoms with van der Waals surface area (Å²) in [6.45, 7) is 6.20. The van der Waals surface area contributed by atoms with Crippen LogP contribution in [0.5, 0.6) is 0 Å². The van der Waals surface area contributed by atoms with E-state index in [0.717, 1.165) is 70.6 Å². The van der Waals surface area contributed by atoms with Crippen LogP contribution in [0.25, 0.3) is 0 Å². The Morgan fingerprint density at radius 3 is 1.22 bits per heavy atom. The van der Waals surface area contributed by atoms with Gasteiger partial charge in [-0.05, 0) is 96.3 Å². The number of allylic oxidation sites excluding steroid dienone is 24. The molecular weight excluding hydrogens is 781 g/mol. The summed E-state index contributed by atoms with van der Waals surface area (Å²) in [5.41, 5.74) is 0. The molecule has 0 saturated heterocycles. The van der Waals surface area contributed by atoms with Crippen molar-refractivity contribution < 1.29 is 28.6 Å². The summed E-state index contributed by atoms with van der Waals surface area (Å²) in [6.07, 6.45) is 71.3. The Balaban J connectivity index is 4.64. The van der Waals surface area contributed by atoms with Crippen LogP contribution in [0.15, 0.2) is 146 Å². The number of hydrogen-bond donors (Lipinski definition) is 0. The van der Waals surface area contributed by atoms with Crippen molar-refractivity contribution in [2.75, 3.05) is 13.2 Å². The molecule has 0 rings (SSSR count). The minimum atomic E-state index is -0.848. The highest BCUT2D eigenvalue weighted by molar-refractivity contribution is 5.71. The quantitative estimate of drug-likeness (QED) is 0.0200. The predicted octanol–water partition coefficient (Wildman–Crippen LogP) is 16.1. The average Bonchev–Trinajstić information content (AvgIpc) is 3.28. The van der Waals surface area contributed by atoms with Gasteiger partial charge in [0.05, 0.1) is 0 Å². The van der Waals surface area contributed by atoms with E-state index in [1.807, 2.05) is 60.8 Å². The standard InChI is InChI=1S/C57H86O6/c1-4-7-10-13-16-19-22-24-26-28-30-32-35-38-41-44-47-50-56(59)62-53-54(52-61-55(58)49-46-43-40-37-34-21-18-15-12-9-6-3)63-57(60)51-48-45-42-39-36-33-31-29-27-25-23-20-17-14-11-8-5-2/h7,9-10,12-13,16,18-19,21-22,24-28,30-33,35,37,39-40,42,54H,4-6,8,11,14-15,17,20,23,29,34,36,38,41,43-53H2,1-3H3/b10-7-,12-9-,16-13-,21-18-,22-19-,26-24-,27-25-,30-28+,33-31-,35-32-,40-37-,42-39-. The van der Waals surface area contributed by atoms with Crippen molar-refractivity contribution in [1.29, 1.82) is 0 Å². The van der Waals surface area contributed by atoms with Gasteiger partial charge >= 0.3 is 17.9 Å². The topological polar surface area (TPSA) is 78.9 Å². The number of ether oxygens (including phenoxy) is 3. The molecule has 0 aromatic carbocycles. The summed E-state index contributed by atoms with van der Waals surface area (Å²) in [5, 5.41) is 0. The zero-order chi connectivity index (χ0) is 45.8. The Hall–Kier alpha value is -4.71. The van der Waals surface area contributed by atoms with E-state index in [2.05, 4.69) is 106 Å². The monoisotopic (exact) mass is 867 g/mol. The zero-order valence-corrected chi connectivity index (χ0v) is 39.8. The van der Waals surface area contributed by atoms with Crippen LogP contribution in [-0.4, -0.2) is 37.2 Å². The molecule has 0 N–H and O–H groups in total. The highest BCUT2D eigenvalue weighted by atomic mass is 16.6. The Morgan fingerprint density at radius 2 is 0.714 bits per heavy atom. The molecule has 0 bridgehead atoms. The largest absolute Gasteiger partial charge is 0.462 e. The number of unbranched alkanes of at least 4 members (excludes halogenated alkanes) is 11. The highest BCUT2D eigenvalue weighted by Crippen LogP contribution is 2.10. The number of carbonyl (C=O) groups excluding carboxylic acids is 3. The Bertz CT molecular complexity index is 1460. The molecule has 0 saturated carbocycles. The molecular formula is C57H86O6. The summed E-state index contributed by atoms with van der Waals surface area (Å²) in [7, 11) is 0. The first-order valence-corrected chi connectivity index (χ1v) is 24.4. The number of esters is 3. The van der Waals surface area contributed by atoms with E-state index in [1.54, 1.807) is 0 Å². The van der Waals surface area contributed by atoms with Crippen LogP contribution < -0.4 is 0 Å². The van der Waals surface area contributed by atoms with Crippen LogP contribution in [0.4, 0.5) is 0 Å². The van der Waals surface area contributed by atoms with E-state index < -0.39 is 12.1 Å². The number of rotatable bonds is 41. The van der Waals surface area contributed by atoms with E-state index in [-0.39, 0.29) is 44.4 Å². The Kier molecular flexibility index (Phi) is 46.2. The molecule has 0 spiro atoms. The molecule has 0 aliphatic heterocycles. The first-order chi connectivity index (χ1) is 31.0. The van der Waals surface area contributed by atoms with Gasteiger partial charge in [0.2, 0.25) is 0 Å². The summed E-state index contributed by atoms with van der Waals surface area (Å²) in [4.78, 5) is 37.8. The molecule has 0 radical (unpaired) electrons. The van der Waals surface area contributed by atoms with E-state index in [1.165, 1.54) is 44.9 Å². The molecule has 0 aromatic heterocycles. The number of hydrogen-bond acceptors (Lipinski definition) is 6. The molecule has 1 atom stereocenters. The van der Waals surface area contributed by atoms with E-state index in [4.69, 9.17) is 14.2 Å². The zero-order valence-electron chi connectivity index (χ0n) is 39.8. The third-order valence-corrected chi connectivity index (χ3v) is 9.47. The third kappa shape index (κ3) is 48.2. The summed E-state index contributed by atoms with van der Waals surface area (Å²) in [6, 6.07) is 0. The second-order valence-electron chi connectivity index (χ2n) is 15.4. The van der Waals surface area contributed by atoms with E-state index >= 15 is 0 Å². The van der Waals surface area contributed by atoms with Crippen LogP contribution in [-0.2, 0) is 28.6 Å². The van der Waals surface area contributed by atoms with Gasteiger partial charge in [-0.1, -0.05) is 205 Å². The fourth-order valence-corrected chi connectivity index (χ4v) is 5.86. The van der Waals surface area contributed by atoms with E-state index in [0.29, 0.717) is 19.3 Å². The van der Waals surface area contributed by atoms with Gasteiger partial charge in [-0.3, -0.25) is 14.4 Å². The summed E-state index contributed by atoms with van der Waals surface area (Å²) in [5.74, 6) is -1.11. The lowest BCUT2D eigenvalue weighted by Gasteiger charge is -2.18. The Morgan fingerprint density at radius 1 is 0.349 bits per heavy atom. The van der Waals surface area contributed by atoms with Crippen molar-refractivity contribution in [3.63, 3.8) is 0 Å². The second kappa shape index (κ2) is 49.9. The minimum Gasteiger partial charge on any atom is -0.462 e.